The summed E-state index contributed by atoms with van der Waals surface area (Å²) in [5.41, 5.74) is 0. The quantitative estimate of drug-likeness (QED) is 0.160. The Balaban J connectivity index is 0. The number of unbranched alkanes of at least 4 members (excludes halogenated alkanes) is 18. The number of carbonyl (C=O) groups excluding carboxylic acids is 1. The van der Waals surface area contributed by atoms with Crippen LogP contribution in [0.15, 0.2) is 0 Å². The van der Waals surface area contributed by atoms with Crippen LogP contribution in [0.2, 0.25) is 0 Å². The molecule has 0 heterocycles. The molecule has 0 aliphatic carbocycles. The molecule has 0 bridgehead atoms. The van der Waals surface area contributed by atoms with Crippen molar-refractivity contribution >= 4 is 5.97 Å². The molecule has 0 unspecified atom stereocenters. The van der Waals surface area contributed by atoms with Crippen LogP contribution in [0.1, 0.15) is 149 Å². The molecule has 0 aliphatic heterocycles. The Hall–Kier alpha value is 0.0274. The third-order valence-corrected chi connectivity index (χ3v) is 6.29. The second-order valence-corrected chi connectivity index (χ2v) is 9.33. The summed E-state index contributed by atoms with van der Waals surface area (Å²) >= 11 is 0. The summed E-state index contributed by atoms with van der Waals surface area (Å²) in [7, 11) is 0. The molecule has 0 aromatic carbocycles. The first-order valence-electron chi connectivity index (χ1n) is 13.6. The summed E-state index contributed by atoms with van der Waals surface area (Å²) in [6.07, 6.45) is 27.2. The number of carboxylic acids is 1. The monoisotopic (exact) mass is 431 g/mol. The van der Waals surface area contributed by atoms with Crippen molar-refractivity contribution in [1.29, 1.82) is 0 Å². The van der Waals surface area contributed by atoms with Gasteiger partial charge in [-0.05, 0) is 32.4 Å². The van der Waals surface area contributed by atoms with Crippen molar-refractivity contribution in [3.8, 4) is 0 Å². The molecule has 0 fully saturated rings. The zero-order valence-corrected chi connectivity index (χ0v) is 21.7. The van der Waals surface area contributed by atoms with Crippen LogP contribution in [0.4, 0.5) is 0 Å². The second kappa shape index (κ2) is 28.1. The standard InChI is InChI=1S/C27H55NO2.Li/c1-3-5-7-9-11-13-15-17-19-21-24-28(26-23-27(29)30)25-22-20-18-16-14-12-10-8-6-4-2;/h3-26H2,1-2H3,(H,29,30);/q;+1/p-1. The van der Waals surface area contributed by atoms with Crippen molar-refractivity contribution in [3.05, 3.63) is 0 Å². The van der Waals surface area contributed by atoms with E-state index in [0.717, 1.165) is 13.1 Å². The van der Waals surface area contributed by atoms with Crippen molar-refractivity contribution in [2.24, 2.45) is 0 Å². The Labute approximate surface area is 207 Å². The maximum absolute atomic E-state index is 10.9. The molecule has 0 amide bonds. The maximum atomic E-state index is 10.9. The Morgan fingerprint density at radius 1 is 0.516 bits per heavy atom. The van der Waals surface area contributed by atoms with Gasteiger partial charge in [0.15, 0.2) is 0 Å². The van der Waals surface area contributed by atoms with E-state index in [4.69, 9.17) is 0 Å². The van der Waals surface area contributed by atoms with E-state index >= 15 is 0 Å². The van der Waals surface area contributed by atoms with Gasteiger partial charge in [0.1, 0.15) is 0 Å². The van der Waals surface area contributed by atoms with Gasteiger partial charge in [-0.25, -0.2) is 0 Å². The van der Waals surface area contributed by atoms with Crippen LogP contribution >= 0.6 is 0 Å². The number of aliphatic carboxylic acids is 1. The van der Waals surface area contributed by atoms with Gasteiger partial charge >= 0.3 is 18.9 Å². The van der Waals surface area contributed by atoms with E-state index in [2.05, 4.69) is 18.7 Å². The SMILES string of the molecule is CCCCCCCCCCCCN(CCCCCCCCCCCC)CCC(=O)[O-].[Li+]. The van der Waals surface area contributed by atoms with Gasteiger partial charge in [0.05, 0.1) is 0 Å². The van der Waals surface area contributed by atoms with Gasteiger partial charge in [0.2, 0.25) is 0 Å². The van der Waals surface area contributed by atoms with Gasteiger partial charge in [-0.2, -0.15) is 0 Å². The van der Waals surface area contributed by atoms with Crippen molar-refractivity contribution in [2.75, 3.05) is 19.6 Å². The molecule has 0 radical (unpaired) electrons. The van der Waals surface area contributed by atoms with Crippen LogP contribution in [0, 0.1) is 0 Å². The fourth-order valence-electron chi connectivity index (χ4n) is 4.23. The van der Waals surface area contributed by atoms with E-state index in [0.29, 0.717) is 6.54 Å². The summed E-state index contributed by atoms with van der Waals surface area (Å²) in [5.74, 6) is -0.911. The van der Waals surface area contributed by atoms with E-state index < -0.39 is 5.97 Å². The predicted molar refractivity (Wildman–Crippen MR) is 130 cm³/mol. The molecule has 0 aromatic heterocycles. The van der Waals surface area contributed by atoms with E-state index in [1.807, 2.05) is 0 Å². The molecular weight excluding hydrogens is 377 g/mol. The third kappa shape index (κ3) is 28.0. The number of rotatable bonds is 25. The number of carboxylic acid groups (broad SMARTS) is 1. The maximum Gasteiger partial charge on any atom is 1.00 e. The summed E-state index contributed by atoms with van der Waals surface area (Å²) in [6, 6.07) is 0. The number of carbonyl (C=O) groups is 1. The number of nitrogens with zero attached hydrogens (tertiary/aromatic N) is 1. The van der Waals surface area contributed by atoms with E-state index in [1.165, 1.54) is 128 Å². The number of hydrogen-bond acceptors (Lipinski definition) is 3. The van der Waals surface area contributed by atoms with Gasteiger partial charge in [0.25, 0.3) is 0 Å². The van der Waals surface area contributed by atoms with Crippen LogP contribution in [0.25, 0.3) is 0 Å². The molecule has 4 heteroatoms. The Bertz CT molecular complexity index is 328. The van der Waals surface area contributed by atoms with Crippen LogP contribution < -0.4 is 24.0 Å². The molecule has 0 N–H and O–H groups in total. The van der Waals surface area contributed by atoms with Gasteiger partial charge in [-0.1, -0.05) is 129 Å². The minimum absolute atomic E-state index is 0. The molecular formula is C27H54LiNO2. The minimum Gasteiger partial charge on any atom is -0.550 e. The molecule has 0 spiro atoms. The molecule has 0 saturated heterocycles. The predicted octanol–water partition coefficient (Wildman–Crippen LogP) is 4.27. The fraction of sp³-hybridized carbons (Fsp3) is 0.963. The zero-order valence-electron chi connectivity index (χ0n) is 21.7. The minimum atomic E-state index is -0.911. The van der Waals surface area contributed by atoms with Crippen LogP contribution in [-0.2, 0) is 4.79 Å². The van der Waals surface area contributed by atoms with Crippen molar-refractivity contribution < 1.29 is 28.8 Å². The molecule has 31 heavy (non-hydrogen) atoms. The molecule has 0 rings (SSSR count). The summed E-state index contributed by atoms with van der Waals surface area (Å²) in [4.78, 5) is 13.2. The first-order valence-corrected chi connectivity index (χ1v) is 13.6. The average molecular weight is 432 g/mol. The van der Waals surface area contributed by atoms with Crippen molar-refractivity contribution in [2.45, 2.75) is 149 Å². The van der Waals surface area contributed by atoms with Gasteiger partial charge in [-0.3, -0.25) is 0 Å². The zero-order chi connectivity index (χ0) is 22.1. The smallest absolute Gasteiger partial charge is 0.550 e. The topological polar surface area (TPSA) is 43.4 Å². The van der Waals surface area contributed by atoms with Crippen molar-refractivity contribution in [3.63, 3.8) is 0 Å². The Morgan fingerprint density at radius 2 is 0.806 bits per heavy atom. The molecule has 0 aliphatic rings. The van der Waals surface area contributed by atoms with Crippen molar-refractivity contribution in [1.82, 2.24) is 4.90 Å². The summed E-state index contributed by atoms with van der Waals surface area (Å²) in [5, 5.41) is 10.9. The van der Waals surface area contributed by atoms with E-state index in [1.54, 1.807) is 0 Å². The fourth-order valence-corrected chi connectivity index (χ4v) is 4.23. The van der Waals surface area contributed by atoms with Gasteiger partial charge < -0.3 is 14.8 Å². The molecule has 180 valence electrons. The largest absolute Gasteiger partial charge is 1.00 e. The first kappa shape index (κ1) is 33.2. The third-order valence-electron chi connectivity index (χ3n) is 6.29. The second-order valence-electron chi connectivity index (χ2n) is 9.33. The summed E-state index contributed by atoms with van der Waals surface area (Å²) in [6.45, 7) is 7.32. The Kier molecular flexibility index (Phi) is 30.1. The average Bonchev–Trinajstić information content (AvgIpc) is 2.73. The Morgan fingerprint density at radius 3 is 1.10 bits per heavy atom. The molecule has 0 saturated carbocycles. The normalized spacial score (nSPS) is 11.1. The molecule has 0 atom stereocenters. The van der Waals surface area contributed by atoms with Crippen LogP contribution in [-0.4, -0.2) is 30.5 Å². The van der Waals surface area contributed by atoms with Gasteiger partial charge in [0, 0.05) is 12.5 Å². The number of hydrogen-bond donors (Lipinski definition) is 0. The first-order chi connectivity index (χ1) is 14.7. The van der Waals surface area contributed by atoms with Crippen LogP contribution in [0.5, 0.6) is 0 Å². The summed E-state index contributed by atoms with van der Waals surface area (Å²) < 4.78 is 0. The molecule has 3 nitrogen and oxygen atoms in total. The van der Waals surface area contributed by atoms with E-state index in [-0.39, 0.29) is 25.3 Å². The van der Waals surface area contributed by atoms with E-state index in [9.17, 15) is 9.90 Å². The van der Waals surface area contributed by atoms with Crippen LogP contribution in [0.3, 0.4) is 0 Å². The molecule has 0 aromatic rings. The van der Waals surface area contributed by atoms with Gasteiger partial charge in [-0.15, -0.1) is 0 Å².